The summed E-state index contributed by atoms with van der Waals surface area (Å²) in [6.07, 6.45) is 7.47. The van der Waals surface area contributed by atoms with E-state index < -0.39 is 0 Å². The number of methoxy groups -OCH3 is 1. The Morgan fingerprint density at radius 1 is 1.25 bits per heavy atom. The largest absolute Gasteiger partial charge is 0.493 e. The van der Waals surface area contributed by atoms with E-state index in [4.69, 9.17) is 25.8 Å². The van der Waals surface area contributed by atoms with Crippen molar-refractivity contribution in [2.24, 2.45) is 5.92 Å². The summed E-state index contributed by atoms with van der Waals surface area (Å²) in [5, 5.41) is 3.91. The van der Waals surface area contributed by atoms with Gasteiger partial charge in [-0.2, -0.15) is 0 Å². The number of benzene rings is 2. The molecule has 2 aliphatic carbocycles. The molecule has 32 heavy (non-hydrogen) atoms. The van der Waals surface area contributed by atoms with E-state index in [1.165, 1.54) is 19.3 Å². The molecule has 2 aromatic rings. The van der Waals surface area contributed by atoms with Gasteiger partial charge in [0.25, 0.3) is 0 Å². The van der Waals surface area contributed by atoms with Gasteiger partial charge in [-0.3, -0.25) is 4.79 Å². The third-order valence-corrected chi connectivity index (χ3v) is 7.15. The second kappa shape index (κ2) is 8.86. The highest BCUT2D eigenvalue weighted by Crippen LogP contribution is 2.49. The van der Waals surface area contributed by atoms with Gasteiger partial charge in [0.15, 0.2) is 11.5 Å². The van der Waals surface area contributed by atoms with Gasteiger partial charge in [-0.05, 0) is 74.3 Å². The number of amides is 1. The highest BCUT2D eigenvalue weighted by molar-refractivity contribution is 6.30. The summed E-state index contributed by atoms with van der Waals surface area (Å²) in [4.78, 5) is 13.0. The number of ether oxygens (including phenoxy) is 3. The minimum absolute atomic E-state index is 0.0215. The number of hydrogen-bond donors (Lipinski definition) is 1. The molecule has 1 unspecified atom stereocenters. The molecule has 1 heterocycles. The number of aryl methyl sites for hydroxylation is 1. The van der Waals surface area contributed by atoms with E-state index in [-0.39, 0.29) is 17.6 Å². The Morgan fingerprint density at radius 3 is 2.81 bits per heavy atom. The van der Waals surface area contributed by atoms with Gasteiger partial charge in [0.05, 0.1) is 19.8 Å². The van der Waals surface area contributed by atoms with Gasteiger partial charge in [-0.15, -0.1) is 0 Å². The lowest BCUT2D eigenvalue weighted by Crippen LogP contribution is -2.49. The number of carbonyl (C=O) groups is 1. The van der Waals surface area contributed by atoms with Crippen molar-refractivity contribution in [1.82, 2.24) is 5.32 Å². The quantitative estimate of drug-likeness (QED) is 0.560. The fraction of sp³-hybridized carbons (Fsp3) is 0.500. The highest BCUT2D eigenvalue weighted by atomic mass is 35.5. The van der Waals surface area contributed by atoms with Crippen LogP contribution < -0.4 is 19.5 Å². The van der Waals surface area contributed by atoms with Crippen LogP contribution in [0.25, 0.3) is 0 Å². The minimum atomic E-state index is -0.143. The predicted molar refractivity (Wildman–Crippen MR) is 124 cm³/mol. The molecule has 5 rings (SSSR count). The van der Waals surface area contributed by atoms with E-state index in [2.05, 4.69) is 5.32 Å². The lowest BCUT2D eigenvalue weighted by atomic mass is 9.73. The second-order valence-electron chi connectivity index (χ2n) is 9.35. The first-order valence-electron chi connectivity index (χ1n) is 11.6. The van der Waals surface area contributed by atoms with E-state index in [0.29, 0.717) is 30.4 Å². The lowest BCUT2D eigenvalue weighted by molar-refractivity contribution is -0.123. The third kappa shape index (κ3) is 4.54. The van der Waals surface area contributed by atoms with Crippen molar-refractivity contribution in [2.45, 2.75) is 63.0 Å². The van der Waals surface area contributed by atoms with Gasteiger partial charge < -0.3 is 19.5 Å². The van der Waals surface area contributed by atoms with Crippen molar-refractivity contribution in [2.75, 3.05) is 13.7 Å². The van der Waals surface area contributed by atoms with Gasteiger partial charge in [-0.25, -0.2) is 0 Å². The van der Waals surface area contributed by atoms with Crippen molar-refractivity contribution >= 4 is 17.5 Å². The zero-order valence-corrected chi connectivity index (χ0v) is 19.2. The Hall–Kier alpha value is -2.40. The smallest absolute Gasteiger partial charge is 0.220 e. The molecule has 0 aromatic heterocycles. The van der Waals surface area contributed by atoms with Crippen molar-refractivity contribution in [3.63, 3.8) is 0 Å². The molecular formula is C26H30ClNO4. The number of hydrogen-bond acceptors (Lipinski definition) is 4. The van der Waals surface area contributed by atoms with Crippen molar-refractivity contribution in [3.05, 3.63) is 52.5 Å². The Labute approximate surface area is 194 Å². The molecule has 2 fully saturated rings. The second-order valence-corrected chi connectivity index (χ2v) is 9.78. The fourth-order valence-electron chi connectivity index (χ4n) is 4.73. The van der Waals surface area contributed by atoms with E-state index in [0.717, 1.165) is 47.6 Å². The van der Waals surface area contributed by atoms with Crippen molar-refractivity contribution in [1.29, 1.82) is 0 Å². The van der Waals surface area contributed by atoms with Crippen LogP contribution in [0.4, 0.5) is 0 Å². The van der Waals surface area contributed by atoms with Crippen LogP contribution >= 0.6 is 11.6 Å². The average Bonchev–Trinajstić information content (AvgIpc) is 3.60. The van der Waals surface area contributed by atoms with Crippen LogP contribution in [0, 0.1) is 5.92 Å². The average molecular weight is 456 g/mol. The maximum absolute atomic E-state index is 13.0. The van der Waals surface area contributed by atoms with E-state index in [1.54, 1.807) is 7.11 Å². The first-order valence-corrected chi connectivity index (χ1v) is 12.0. The molecule has 0 saturated heterocycles. The first-order chi connectivity index (χ1) is 15.5. The molecule has 170 valence electrons. The summed E-state index contributed by atoms with van der Waals surface area (Å²) in [5.74, 6) is 3.01. The summed E-state index contributed by atoms with van der Waals surface area (Å²) in [5.41, 5.74) is 1.83. The standard InChI is InChI=1S/C26H30ClNO4/c1-30-23-5-2-4-18(25(23)31-16-17-6-7-17)8-11-24(29)28-21-15-26(12-3-13-26)32-22-10-9-19(27)14-20(21)22/h2,4-5,9-10,14,17,21H,3,6-8,11-13,15-16H2,1H3,(H,28,29). The fourth-order valence-corrected chi connectivity index (χ4v) is 4.91. The Kier molecular flexibility index (Phi) is 5.93. The molecule has 3 aliphatic rings. The van der Waals surface area contributed by atoms with Gasteiger partial charge in [0.1, 0.15) is 11.4 Å². The maximum atomic E-state index is 13.0. The molecule has 2 saturated carbocycles. The van der Waals surface area contributed by atoms with Crippen LogP contribution in [0.15, 0.2) is 36.4 Å². The topological polar surface area (TPSA) is 56.8 Å². The molecule has 1 aliphatic heterocycles. The summed E-state index contributed by atoms with van der Waals surface area (Å²) in [7, 11) is 1.65. The third-order valence-electron chi connectivity index (χ3n) is 6.91. The van der Waals surface area contributed by atoms with Crippen LogP contribution in [-0.4, -0.2) is 25.2 Å². The first kappa shape index (κ1) is 21.4. The van der Waals surface area contributed by atoms with Crippen LogP contribution in [0.3, 0.4) is 0 Å². The van der Waals surface area contributed by atoms with Gasteiger partial charge in [0, 0.05) is 23.4 Å². The minimum Gasteiger partial charge on any atom is -0.493 e. The number of nitrogens with one attached hydrogen (secondary N) is 1. The van der Waals surface area contributed by atoms with Crippen LogP contribution in [0.5, 0.6) is 17.2 Å². The van der Waals surface area contributed by atoms with Crippen LogP contribution in [0.2, 0.25) is 5.02 Å². The molecular weight excluding hydrogens is 426 g/mol. The predicted octanol–water partition coefficient (Wildman–Crippen LogP) is 5.63. The van der Waals surface area contributed by atoms with Gasteiger partial charge >= 0.3 is 0 Å². The Bertz CT molecular complexity index is 999. The van der Waals surface area contributed by atoms with E-state index in [1.807, 2.05) is 36.4 Å². The number of carbonyl (C=O) groups excluding carboxylic acids is 1. The van der Waals surface area contributed by atoms with Crippen molar-refractivity contribution < 1.29 is 19.0 Å². The monoisotopic (exact) mass is 455 g/mol. The van der Waals surface area contributed by atoms with Gasteiger partial charge in [0.2, 0.25) is 5.91 Å². The molecule has 0 radical (unpaired) electrons. The summed E-state index contributed by atoms with van der Waals surface area (Å²) >= 11 is 6.25. The summed E-state index contributed by atoms with van der Waals surface area (Å²) in [6.45, 7) is 0.710. The summed E-state index contributed by atoms with van der Waals surface area (Å²) < 4.78 is 17.9. The molecule has 1 amide bonds. The number of rotatable bonds is 8. The Balaban J connectivity index is 1.27. The number of fused-ring (bicyclic) bond motifs is 1. The molecule has 6 heteroatoms. The normalized spacial score (nSPS) is 20.6. The maximum Gasteiger partial charge on any atom is 0.220 e. The zero-order chi connectivity index (χ0) is 22.1. The Morgan fingerprint density at radius 2 is 2.09 bits per heavy atom. The molecule has 1 N–H and O–H groups in total. The number of halogens is 1. The molecule has 0 bridgehead atoms. The zero-order valence-electron chi connectivity index (χ0n) is 18.5. The molecule has 1 spiro atoms. The molecule has 2 aromatic carbocycles. The van der Waals surface area contributed by atoms with E-state index >= 15 is 0 Å². The SMILES string of the molecule is COc1cccc(CCC(=O)NC2CC3(CCC3)Oc3ccc(Cl)cc32)c1OCC1CC1. The van der Waals surface area contributed by atoms with Crippen molar-refractivity contribution in [3.8, 4) is 17.2 Å². The van der Waals surface area contributed by atoms with Crippen LogP contribution in [0.1, 0.15) is 62.1 Å². The molecule has 5 nitrogen and oxygen atoms in total. The highest BCUT2D eigenvalue weighted by Gasteiger charge is 2.46. The lowest BCUT2D eigenvalue weighted by Gasteiger charge is -2.48. The number of para-hydroxylation sites is 1. The summed E-state index contributed by atoms with van der Waals surface area (Å²) in [6, 6.07) is 11.5. The molecule has 1 atom stereocenters. The van der Waals surface area contributed by atoms with E-state index in [9.17, 15) is 4.79 Å². The van der Waals surface area contributed by atoms with Crippen LogP contribution in [-0.2, 0) is 11.2 Å². The van der Waals surface area contributed by atoms with Gasteiger partial charge in [-0.1, -0.05) is 23.7 Å².